The van der Waals surface area contributed by atoms with Crippen molar-refractivity contribution in [2.45, 2.75) is 41.5 Å². The number of carbonyl (C=O) groups is 5. The molecule has 0 unspecified atom stereocenters. The van der Waals surface area contributed by atoms with Crippen LogP contribution in [0.2, 0.25) is 5.02 Å². The summed E-state index contributed by atoms with van der Waals surface area (Å²) in [4.78, 5) is 94.8. The topological polar surface area (TPSA) is 341 Å². The molecule has 0 saturated heterocycles. The van der Waals surface area contributed by atoms with E-state index in [0.29, 0.717) is 96.1 Å². The number of halogens is 6. The SMILES string of the molecule is [2H]C1([2H])Oc2cc(C)c(-c3ccc(NC(=O)c4c(F)cccc4F)nc3)cc2O1.[2H]C1([2H])Oc2cc(C)c(-c3ccc(NC(=O)c4ccccc4Cl)nc3)cc2O1.[2H]C1([2H])Oc2cc(C)c(-c3cnc(NC(=O)c4c(F)cccc4F)cn3)cc2O1.[2H]C1([2H])Oc2cc(C)c(-c3cnc(NC(=O)c4ccc(C)cc4)cn3)cc2O1.[2H]C1([2H])Oc2cc(C)c(-c3cnc(NC(=O)c4ccccc4F)cn3)cc2O1. The first-order valence-corrected chi connectivity index (χ1v) is 39.8. The number of nitrogens with one attached hydrogen (secondary N) is 5. The minimum atomic E-state index is -2.24. The normalized spacial score (nSPS) is 15.1. The summed E-state index contributed by atoms with van der Waals surface area (Å²) in [6.45, 7) is 0.120. The van der Waals surface area contributed by atoms with Gasteiger partial charge in [-0.2, -0.15) is 0 Å². The molecule has 5 N–H and O–H groups in total. The monoisotopic (exact) mass is 1810 g/mol. The summed E-state index contributed by atoms with van der Waals surface area (Å²) >= 11 is 6.04. The van der Waals surface area contributed by atoms with Gasteiger partial charge in [0.1, 0.15) is 65.6 Å². The molecule has 10 heterocycles. The highest BCUT2D eigenvalue weighted by atomic mass is 35.5. The van der Waals surface area contributed by atoms with Crippen LogP contribution in [0.25, 0.3) is 56.0 Å². The summed E-state index contributed by atoms with van der Waals surface area (Å²) < 4.78 is 195. The molecule has 662 valence electrons. The van der Waals surface area contributed by atoms with Crippen LogP contribution in [-0.4, -0.2) is 103 Å². The molecule has 34 heteroatoms. The van der Waals surface area contributed by atoms with Crippen LogP contribution in [-0.2, 0) is 0 Å². The molecule has 0 spiro atoms. The number of hydrogen-bond donors (Lipinski definition) is 5. The Morgan fingerprint density at radius 1 is 0.288 bits per heavy atom. The second kappa shape index (κ2) is 39.5. The fourth-order valence-electron chi connectivity index (χ4n) is 13.3. The third-order valence-electron chi connectivity index (χ3n) is 20.0. The Morgan fingerprint density at radius 3 is 0.917 bits per heavy atom. The minimum absolute atomic E-state index is 0.0103. The Kier molecular flexibility index (Phi) is 22.8. The first-order valence-electron chi connectivity index (χ1n) is 44.5. The van der Waals surface area contributed by atoms with Crippen molar-refractivity contribution in [1.82, 2.24) is 39.9 Å². The van der Waals surface area contributed by atoms with Crippen LogP contribution in [0.3, 0.4) is 0 Å². The van der Waals surface area contributed by atoms with E-state index in [1.165, 1.54) is 67.5 Å². The lowest BCUT2D eigenvalue weighted by Gasteiger charge is -2.09. The predicted octanol–water partition coefficient (Wildman–Crippen LogP) is 20.0. The second-order valence-electron chi connectivity index (χ2n) is 29.0. The van der Waals surface area contributed by atoms with Crippen molar-refractivity contribution in [2.24, 2.45) is 0 Å². The Hall–Kier alpha value is -17.0. The Morgan fingerprint density at radius 2 is 0.576 bits per heavy atom. The zero-order valence-corrected chi connectivity index (χ0v) is 70.3. The van der Waals surface area contributed by atoms with Gasteiger partial charge in [-0.1, -0.05) is 65.7 Å². The summed E-state index contributed by atoms with van der Waals surface area (Å²) in [5.74, 6) is -3.62. The standard InChI is InChI=1S/C20H15ClN2O3.C20H14F2N2O3.C20H17N3O3.C19H13F2N3O3.C19H14FN3O3/c1-12-8-17-18(26-11-25-17)9-15(12)13-6-7-19(22-10-13)23-20(24)14-4-2-3-5-16(14)21;1-11-7-16-17(27-10-26-16)8-13(11)12-5-6-18(23-9-12)24-20(25)19-14(21)3-2-4-15(19)22;1-12-3-5-14(6-4-12)20(24)23-19-10-21-16(9-22-19)15-8-18-17(7-13(15)2)25-11-26-18;1-10-5-15-16(27-9-26-15)6-11(10)14-7-23-17(8-22-14)24-19(25)18-12(20)3-2-4-13(18)21;1-11-6-16-17(26-10-25-16)7-13(11)15-8-22-18(9-21-15)23-19(24)12-4-2-3-5-14(12)20/h2-10H,11H2,1H3,(H,22,23,24);2-9H,10H2,1H3,(H,23,24,25);3-10H,11H2,1-2H3,(H,22,23,24);2-8H,9H2,1H3,(H,23,24,25);2-9H,10H2,1H3,(H,22,23,24)/i11D2;10D2;11D2;9D2;10D2. The first kappa shape index (κ1) is 76.3. The van der Waals surface area contributed by atoms with Gasteiger partial charge in [-0.05, 0) is 226 Å². The van der Waals surface area contributed by atoms with Crippen LogP contribution < -0.4 is 74.0 Å². The highest BCUT2D eigenvalue weighted by molar-refractivity contribution is 6.34. The molecule has 28 nitrogen and oxygen atoms in total. The van der Waals surface area contributed by atoms with Gasteiger partial charge in [0.15, 0.2) is 74.9 Å². The number of hydrogen-bond acceptors (Lipinski definition) is 23. The van der Waals surface area contributed by atoms with E-state index in [4.69, 9.17) is 72.7 Å². The number of aryl methyl sites for hydroxylation is 6. The molecule has 0 bridgehead atoms. The quantitative estimate of drug-likeness (QED) is 0.0595. The average molecular weight is 1810 g/mol. The van der Waals surface area contributed by atoms with Crippen LogP contribution >= 0.6 is 11.6 Å². The fourth-order valence-corrected chi connectivity index (χ4v) is 13.5. The molecule has 0 radical (unpaired) electrons. The smallest absolute Gasteiger partial charge is 0.262 e. The van der Waals surface area contributed by atoms with Gasteiger partial charge < -0.3 is 74.0 Å². The maximum Gasteiger partial charge on any atom is 0.262 e. The predicted molar refractivity (Wildman–Crippen MR) is 478 cm³/mol. The lowest BCUT2D eigenvalue weighted by atomic mass is 10.0. The summed E-state index contributed by atoms with van der Waals surface area (Å²) in [5.41, 5.74) is 11.1. The van der Waals surface area contributed by atoms with Crippen molar-refractivity contribution in [3.8, 4) is 114 Å². The number of amides is 5. The lowest BCUT2D eigenvalue weighted by molar-refractivity contribution is 0.101. The number of pyridine rings is 2. The number of aromatic nitrogens is 8. The molecule has 5 aromatic heterocycles. The van der Waals surface area contributed by atoms with Gasteiger partial charge in [-0.3, -0.25) is 38.9 Å². The van der Waals surface area contributed by atoms with Gasteiger partial charge >= 0.3 is 0 Å². The Bertz CT molecular complexity index is 7090. The molecule has 20 rings (SSSR count). The Labute approximate surface area is 768 Å². The number of ether oxygens (including phenoxy) is 10. The number of nitrogens with zero attached hydrogens (tertiary/aromatic N) is 8. The highest BCUT2D eigenvalue weighted by Crippen LogP contribution is 2.44. The lowest BCUT2D eigenvalue weighted by Crippen LogP contribution is -2.16. The van der Waals surface area contributed by atoms with Crippen molar-refractivity contribution >= 4 is 70.2 Å². The maximum absolute atomic E-state index is 13.7. The van der Waals surface area contributed by atoms with Gasteiger partial charge in [-0.25, -0.2) is 46.9 Å². The molecule has 132 heavy (non-hydrogen) atoms. The minimum Gasteiger partial charge on any atom is -0.454 e. The first-order chi connectivity index (χ1) is 67.4. The zero-order chi connectivity index (χ0) is 101. The van der Waals surface area contributed by atoms with E-state index in [0.717, 1.165) is 86.0 Å². The summed E-state index contributed by atoms with van der Waals surface area (Å²) in [5, 5.41) is 13.0. The maximum atomic E-state index is 13.7. The summed E-state index contributed by atoms with van der Waals surface area (Å²) in [6.07, 6.45) is 11.6. The van der Waals surface area contributed by atoms with E-state index in [-0.39, 0.29) is 57.8 Å². The van der Waals surface area contributed by atoms with E-state index >= 15 is 0 Å². The average Bonchev–Trinajstić information content (AvgIpc) is 1.60. The van der Waals surface area contributed by atoms with Crippen molar-refractivity contribution in [1.29, 1.82) is 0 Å². The van der Waals surface area contributed by atoms with Crippen LogP contribution in [0.1, 0.15) is 98.9 Å². The number of anilines is 5. The highest BCUT2D eigenvalue weighted by Gasteiger charge is 2.27. The molecule has 10 aromatic carbocycles. The molecule has 0 fully saturated rings. The second-order valence-corrected chi connectivity index (χ2v) is 29.4. The third-order valence-corrected chi connectivity index (χ3v) is 20.4. The van der Waals surface area contributed by atoms with Gasteiger partial charge in [0.25, 0.3) is 29.5 Å². The summed E-state index contributed by atoms with van der Waals surface area (Å²) in [7, 11) is 0. The van der Waals surface area contributed by atoms with Crippen LogP contribution in [0.4, 0.5) is 51.0 Å². The number of carbonyl (C=O) groups excluding carboxylic acids is 5. The molecular formula is C98H73ClF5N13O15. The van der Waals surface area contributed by atoms with Crippen molar-refractivity contribution < 1.29 is 107 Å². The Balaban J connectivity index is 0.000000128. The number of fused-ring (bicyclic) bond motifs is 5. The molecule has 5 aliphatic heterocycles. The van der Waals surface area contributed by atoms with E-state index < -0.39 is 91.7 Å². The van der Waals surface area contributed by atoms with Crippen molar-refractivity contribution in [2.75, 3.05) is 60.3 Å². The van der Waals surface area contributed by atoms with E-state index in [9.17, 15) is 45.9 Å². The molecule has 5 amide bonds. The molecule has 0 atom stereocenters. The van der Waals surface area contributed by atoms with E-state index in [1.807, 2.05) is 52.8 Å². The largest absolute Gasteiger partial charge is 0.454 e. The van der Waals surface area contributed by atoms with E-state index in [2.05, 4.69) is 66.5 Å². The van der Waals surface area contributed by atoms with Gasteiger partial charge in [0, 0.05) is 45.8 Å². The number of benzene rings is 10. The van der Waals surface area contributed by atoms with Crippen LogP contribution in [0, 0.1) is 70.6 Å². The van der Waals surface area contributed by atoms with E-state index in [1.54, 1.807) is 135 Å². The molecule has 0 aliphatic carbocycles. The van der Waals surface area contributed by atoms with Gasteiger partial charge in [0.2, 0.25) is 33.7 Å². The third kappa shape index (κ3) is 20.5. The molecule has 5 aliphatic rings. The summed E-state index contributed by atoms with van der Waals surface area (Å²) in [6, 6.07) is 49.2. The van der Waals surface area contributed by atoms with Crippen molar-refractivity contribution in [3.05, 3.63) is 339 Å². The van der Waals surface area contributed by atoms with Gasteiger partial charge in [0.05, 0.1) is 70.4 Å². The number of rotatable bonds is 15. The zero-order valence-electron chi connectivity index (χ0n) is 79.6. The molecular weight excluding hydrogens is 1730 g/mol. The van der Waals surface area contributed by atoms with Crippen LogP contribution in [0.5, 0.6) is 57.5 Å². The molecule has 0 saturated carbocycles. The molecule has 15 aromatic rings. The van der Waals surface area contributed by atoms with Crippen molar-refractivity contribution in [3.63, 3.8) is 0 Å². The van der Waals surface area contributed by atoms with Gasteiger partial charge in [-0.15, -0.1) is 0 Å². The fraction of sp³-hybridized carbons (Fsp3) is 0.112. The van der Waals surface area contributed by atoms with Crippen LogP contribution in [0.15, 0.2) is 244 Å².